The fraction of sp³-hybridized carbons (Fsp3) is 0.750. The fourth-order valence-corrected chi connectivity index (χ4v) is 0.980. The van der Waals surface area contributed by atoms with Crippen molar-refractivity contribution in [1.29, 1.82) is 0 Å². The Morgan fingerprint density at radius 3 is 1.75 bits per heavy atom. The lowest BCUT2D eigenvalue weighted by Gasteiger charge is -2.37. The molecule has 4 heteroatoms. The van der Waals surface area contributed by atoms with Gasteiger partial charge in [0, 0.05) is 6.42 Å². The van der Waals surface area contributed by atoms with Crippen molar-refractivity contribution in [3.63, 3.8) is 0 Å². The van der Waals surface area contributed by atoms with E-state index in [0.717, 1.165) is 0 Å². The zero-order valence-corrected chi connectivity index (χ0v) is 7.36. The van der Waals surface area contributed by atoms with Crippen molar-refractivity contribution in [3.05, 3.63) is 12.7 Å². The number of rotatable bonds is 4. The van der Waals surface area contributed by atoms with Crippen molar-refractivity contribution < 1.29 is 20.4 Å². The van der Waals surface area contributed by atoms with Crippen LogP contribution in [0.4, 0.5) is 0 Å². The van der Waals surface area contributed by atoms with Gasteiger partial charge in [-0.25, -0.2) is 0 Å². The molecule has 0 aliphatic heterocycles. The molecule has 0 fully saturated rings. The van der Waals surface area contributed by atoms with Crippen molar-refractivity contribution in [3.8, 4) is 0 Å². The van der Waals surface area contributed by atoms with Gasteiger partial charge in [0.15, 0.2) is 5.60 Å². The Kier molecular flexibility index (Phi) is 3.41. The lowest BCUT2D eigenvalue weighted by Crippen LogP contribution is -2.57. The molecule has 1 atom stereocenters. The molecule has 0 aromatic carbocycles. The maximum atomic E-state index is 9.60. The molecule has 0 radical (unpaired) electrons. The standard InChI is InChI=1S/C8H16O4/c1-4-5-7(9,6(2)3)8(10,11)12/h4,6,9-12H,1,5H2,2-3H3. The second-order valence-electron chi connectivity index (χ2n) is 3.21. The van der Waals surface area contributed by atoms with Crippen LogP contribution in [0, 0.1) is 5.92 Å². The molecule has 0 aliphatic carbocycles. The van der Waals surface area contributed by atoms with Gasteiger partial charge in [-0.2, -0.15) is 0 Å². The van der Waals surface area contributed by atoms with Crippen molar-refractivity contribution in [1.82, 2.24) is 0 Å². The molecule has 1 unspecified atom stereocenters. The second kappa shape index (κ2) is 3.53. The minimum absolute atomic E-state index is 0.0891. The summed E-state index contributed by atoms with van der Waals surface area (Å²) in [6, 6.07) is 0. The van der Waals surface area contributed by atoms with Gasteiger partial charge >= 0.3 is 5.97 Å². The van der Waals surface area contributed by atoms with Crippen molar-refractivity contribution in [2.75, 3.05) is 0 Å². The zero-order chi connectivity index (χ0) is 9.99. The van der Waals surface area contributed by atoms with Crippen LogP contribution in [0.1, 0.15) is 20.3 Å². The van der Waals surface area contributed by atoms with Gasteiger partial charge < -0.3 is 20.4 Å². The molecule has 0 aliphatic rings. The van der Waals surface area contributed by atoms with Gasteiger partial charge in [0.05, 0.1) is 0 Å². The normalized spacial score (nSPS) is 17.6. The van der Waals surface area contributed by atoms with E-state index in [0.29, 0.717) is 0 Å². The molecule has 0 rings (SSSR count). The summed E-state index contributed by atoms with van der Waals surface area (Å²) in [5.74, 6) is -3.58. The molecule has 72 valence electrons. The van der Waals surface area contributed by atoms with Crippen LogP contribution in [0.2, 0.25) is 0 Å². The highest BCUT2D eigenvalue weighted by Gasteiger charge is 2.48. The smallest absolute Gasteiger partial charge is 0.306 e. The minimum Gasteiger partial charge on any atom is -0.381 e. The summed E-state index contributed by atoms with van der Waals surface area (Å²) in [5, 5.41) is 36.2. The highest BCUT2D eigenvalue weighted by molar-refractivity contribution is 4.93. The number of hydrogen-bond acceptors (Lipinski definition) is 4. The summed E-state index contributed by atoms with van der Waals surface area (Å²) in [5.41, 5.74) is -1.96. The monoisotopic (exact) mass is 176 g/mol. The molecule has 0 spiro atoms. The molecule has 12 heavy (non-hydrogen) atoms. The van der Waals surface area contributed by atoms with Crippen LogP contribution in [0.3, 0.4) is 0 Å². The number of hydrogen-bond donors (Lipinski definition) is 4. The van der Waals surface area contributed by atoms with Gasteiger partial charge in [-0.15, -0.1) is 6.58 Å². The second-order valence-corrected chi connectivity index (χ2v) is 3.21. The van der Waals surface area contributed by atoms with Crippen molar-refractivity contribution in [2.24, 2.45) is 5.92 Å². The van der Waals surface area contributed by atoms with Crippen LogP contribution in [0.15, 0.2) is 12.7 Å². The van der Waals surface area contributed by atoms with E-state index in [-0.39, 0.29) is 6.42 Å². The third-order valence-electron chi connectivity index (χ3n) is 1.99. The quantitative estimate of drug-likeness (QED) is 0.346. The van der Waals surface area contributed by atoms with Crippen molar-refractivity contribution >= 4 is 0 Å². The van der Waals surface area contributed by atoms with Crippen LogP contribution in [-0.4, -0.2) is 32.0 Å². The summed E-state index contributed by atoms with van der Waals surface area (Å²) < 4.78 is 0. The lowest BCUT2D eigenvalue weighted by atomic mass is 9.85. The summed E-state index contributed by atoms with van der Waals surface area (Å²) in [6.45, 7) is 6.49. The SMILES string of the molecule is C=CCC(O)(C(C)C)C(O)(O)O. The Bertz CT molecular complexity index is 159. The Morgan fingerprint density at radius 2 is 1.67 bits per heavy atom. The molecule has 0 amide bonds. The van der Waals surface area contributed by atoms with E-state index >= 15 is 0 Å². The largest absolute Gasteiger partial charge is 0.381 e. The Hall–Kier alpha value is -0.420. The van der Waals surface area contributed by atoms with E-state index in [2.05, 4.69) is 6.58 Å². The minimum atomic E-state index is -3.09. The van der Waals surface area contributed by atoms with Crippen LogP contribution < -0.4 is 0 Å². The predicted molar refractivity (Wildman–Crippen MR) is 44.0 cm³/mol. The maximum absolute atomic E-state index is 9.60. The van der Waals surface area contributed by atoms with Crippen LogP contribution in [-0.2, 0) is 0 Å². The molecule has 0 saturated heterocycles. The van der Waals surface area contributed by atoms with Gasteiger partial charge in [-0.05, 0) is 5.92 Å². The molecule has 0 bridgehead atoms. The zero-order valence-electron chi connectivity index (χ0n) is 7.36. The average Bonchev–Trinajstić information content (AvgIpc) is 1.85. The molecule has 0 aromatic heterocycles. The van der Waals surface area contributed by atoms with Gasteiger partial charge in [0.1, 0.15) is 0 Å². The van der Waals surface area contributed by atoms with E-state index in [1.807, 2.05) is 0 Å². The molecular formula is C8H16O4. The summed E-state index contributed by atoms with van der Waals surface area (Å²) in [7, 11) is 0. The molecule has 4 nitrogen and oxygen atoms in total. The van der Waals surface area contributed by atoms with E-state index in [4.69, 9.17) is 15.3 Å². The summed E-state index contributed by atoms with van der Waals surface area (Å²) in [4.78, 5) is 0. The topological polar surface area (TPSA) is 80.9 Å². The molecular weight excluding hydrogens is 160 g/mol. The van der Waals surface area contributed by atoms with Gasteiger partial charge in [-0.1, -0.05) is 19.9 Å². The van der Waals surface area contributed by atoms with E-state index < -0.39 is 17.5 Å². The van der Waals surface area contributed by atoms with Crippen LogP contribution >= 0.6 is 0 Å². The summed E-state index contributed by atoms with van der Waals surface area (Å²) >= 11 is 0. The first-order valence-corrected chi connectivity index (χ1v) is 3.76. The Morgan fingerprint density at radius 1 is 1.25 bits per heavy atom. The summed E-state index contributed by atoms with van der Waals surface area (Å²) in [6.07, 6.45) is 1.23. The first-order chi connectivity index (χ1) is 5.25. The molecule has 0 saturated carbocycles. The number of aliphatic hydroxyl groups is 4. The predicted octanol–water partition coefficient (Wildman–Crippen LogP) is -0.420. The van der Waals surface area contributed by atoms with Crippen LogP contribution in [0.25, 0.3) is 0 Å². The lowest BCUT2D eigenvalue weighted by molar-refractivity contribution is -0.399. The Balaban J connectivity index is 4.73. The van der Waals surface area contributed by atoms with E-state index in [9.17, 15) is 5.11 Å². The van der Waals surface area contributed by atoms with Crippen molar-refractivity contribution in [2.45, 2.75) is 31.8 Å². The fourth-order valence-electron chi connectivity index (χ4n) is 0.980. The van der Waals surface area contributed by atoms with Gasteiger partial charge in [0.25, 0.3) is 0 Å². The molecule has 4 N–H and O–H groups in total. The first-order valence-electron chi connectivity index (χ1n) is 3.76. The third-order valence-corrected chi connectivity index (χ3v) is 1.99. The highest BCUT2D eigenvalue weighted by Crippen LogP contribution is 2.29. The van der Waals surface area contributed by atoms with Gasteiger partial charge in [0.2, 0.25) is 0 Å². The highest BCUT2D eigenvalue weighted by atomic mass is 16.7. The average molecular weight is 176 g/mol. The van der Waals surface area contributed by atoms with Gasteiger partial charge in [-0.3, -0.25) is 0 Å². The van der Waals surface area contributed by atoms with E-state index in [1.165, 1.54) is 6.08 Å². The van der Waals surface area contributed by atoms with Crippen LogP contribution in [0.5, 0.6) is 0 Å². The van der Waals surface area contributed by atoms with E-state index in [1.54, 1.807) is 13.8 Å². The Labute approximate surface area is 71.8 Å². The third kappa shape index (κ3) is 2.04. The first kappa shape index (κ1) is 11.6. The maximum Gasteiger partial charge on any atom is 0.306 e. The molecule has 0 heterocycles. The molecule has 0 aromatic rings.